The Morgan fingerprint density at radius 1 is 1.67 bits per heavy atom. The molecular weight excluding hydrogens is 253 g/mol. The van der Waals surface area contributed by atoms with Crippen LogP contribution in [0.2, 0.25) is 5.02 Å². The SMILES string of the molecule is CCC(Cl)CNC(=O)c1scc(C)c1Cl. The third-order valence-corrected chi connectivity index (χ3v) is 4.19. The molecule has 0 aliphatic heterocycles. The summed E-state index contributed by atoms with van der Waals surface area (Å²) in [6, 6.07) is 0. The van der Waals surface area contributed by atoms with Gasteiger partial charge in [-0.25, -0.2) is 0 Å². The van der Waals surface area contributed by atoms with Crippen molar-refractivity contribution in [3.63, 3.8) is 0 Å². The molecule has 2 nitrogen and oxygen atoms in total. The topological polar surface area (TPSA) is 29.1 Å². The summed E-state index contributed by atoms with van der Waals surface area (Å²) >= 11 is 13.2. The number of amides is 1. The normalized spacial score (nSPS) is 12.5. The van der Waals surface area contributed by atoms with Crippen molar-refractivity contribution in [1.82, 2.24) is 5.32 Å². The van der Waals surface area contributed by atoms with Crippen molar-refractivity contribution in [3.8, 4) is 0 Å². The lowest BCUT2D eigenvalue weighted by Crippen LogP contribution is -2.29. The Morgan fingerprint density at radius 2 is 2.33 bits per heavy atom. The molecule has 0 radical (unpaired) electrons. The number of hydrogen-bond donors (Lipinski definition) is 1. The van der Waals surface area contributed by atoms with Crippen LogP contribution in [0.25, 0.3) is 0 Å². The Balaban J connectivity index is 2.58. The van der Waals surface area contributed by atoms with Crippen molar-refractivity contribution in [2.75, 3.05) is 6.54 Å². The molecule has 0 aliphatic rings. The van der Waals surface area contributed by atoms with E-state index < -0.39 is 0 Å². The molecule has 1 heterocycles. The van der Waals surface area contributed by atoms with Gasteiger partial charge in [-0.1, -0.05) is 18.5 Å². The predicted molar refractivity (Wildman–Crippen MR) is 66.3 cm³/mol. The van der Waals surface area contributed by atoms with E-state index in [0.717, 1.165) is 12.0 Å². The minimum Gasteiger partial charge on any atom is -0.350 e. The van der Waals surface area contributed by atoms with Gasteiger partial charge in [0, 0.05) is 6.54 Å². The van der Waals surface area contributed by atoms with Crippen LogP contribution >= 0.6 is 34.5 Å². The fourth-order valence-electron chi connectivity index (χ4n) is 1.01. The molecule has 0 spiro atoms. The van der Waals surface area contributed by atoms with Crippen LogP contribution in [-0.2, 0) is 0 Å². The molecule has 1 atom stereocenters. The largest absolute Gasteiger partial charge is 0.350 e. The zero-order valence-electron chi connectivity index (χ0n) is 8.64. The highest BCUT2D eigenvalue weighted by Gasteiger charge is 2.14. The molecule has 1 aromatic rings. The summed E-state index contributed by atoms with van der Waals surface area (Å²) in [5.74, 6) is -0.141. The van der Waals surface area contributed by atoms with Crippen LogP contribution in [0, 0.1) is 6.92 Å². The highest BCUT2D eigenvalue weighted by molar-refractivity contribution is 7.13. The first-order valence-electron chi connectivity index (χ1n) is 4.72. The molecule has 0 saturated carbocycles. The zero-order valence-corrected chi connectivity index (χ0v) is 11.0. The lowest BCUT2D eigenvalue weighted by atomic mass is 10.3. The van der Waals surface area contributed by atoms with E-state index in [1.807, 2.05) is 19.2 Å². The maximum atomic E-state index is 11.7. The molecule has 0 aliphatic carbocycles. The van der Waals surface area contributed by atoms with Crippen molar-refractivity contribution < 1.29 is 4.79 Å². The molecule has 1 amide bonds. The van der Waals surface area contributed by atoms with Crippen LogP contribution in [0.15, 0.2) is 5.38 Å². The van der Waals surface area contributed by atoms with Gasteiger partial charge in [0.25, 0.3) is 5.91 Å². The average molecular weight is 266 g/mol. The van der Waals surface area contributed by atoms with E-state index in [0.29, 0.717) is 16.4 Å². The Morgan fingerprint density at radius 3 is 2.80 bits per heavy atom. The standard InChI is InChI=1S/C10H13Cl2NOS/c1-3-7(11)4-13-10(14)9-8(12)6(2)5-15-9/h5,7H,3-4H2,1-2H3,(H,13,14). The zero-order chi connectivity index (χ0) is 11.4. The van der Waals surface area contributed by atoms with Gasteiger partial charge in [0.05, 0.1) is 10.4 Å². The van der Waals surface area contributed by atoms with Gasteiger partial charge in [-0.2, -0.15) is 0 Å². The number of carbonyl (C=O) groups excluding carboxylic acids is 1. The van der Waals surface area contributed by atoms with Crippen molar-refractivity contribution in [1.29, 1.82) is 0 Å². The minimum atomic E-state index is -0.141. The number of carbonyl (C=O) groups is 1. The first-order chi connectivity index (χ1) is 7.06. The van der Waals surface area contributed by atoms with Crippen LogP contribution < -0.4 is 5.32 Å². The van der Waals surface area contributed by atoms with E-state index in [2.05, 4.69) is 5.32 Å². The predicted octanol–water partition coefficient (Wildman–Crippen LogP) is 3.46. The first kappa shape index (κ1) is 12.8. The molecule has 0 fully saturated rings. The Hall–Kier alpha value is -0.250. The van der Waals surface area contributed by atoms with Crippen LogP contribution in [0.5, 0.6) is 0 Å². The van der Waals surface area contributed by atoms with E-state index >= 15 is 0 Å². The van der Waals surface area contributed by atoms with Gasteiger partial charge < -0.3 is 5.32 Å². The summed E-state index contributed by atoms with van der Waals surface area (Å²) < 4.78 is 0. The third-order valence-electron chi connectivity index (χ3n) is 2.03. The van der Waals surface area contributed by atoms with Gasteiger partial charge in [0.2, 0.25) is 0 Å². The lowest BCUT2D eigenvalue weighted by Gasteiger charge is -2.07. The van der Waals surface area contributed by atoms with Gasteiger partial charge in [-0.05, 0) is 24.3 Å². The summed E-state index contributed by atoms with van der Waals surface area (Å²) in [5.41, 5.74) is 0.935. The van der Waals surface area contributed by atoms with Crippen molar-refractivity contribution in [2.24, 2.45) is 0 Å². The van der Waals surface area contributed by atoms with Crippen molar-refractivity contribution >= 4 is 40.4 Å². The molecule has 0 aromatic carbocycles. The van der Waals surface area contributed by atoms with E-state index in [1.165, 1.54) is 11.3 Å². The van der Waals surface area contributed by atoms with E-state index in [4.69, 9.17) is 23.2 Å². The first-order valence-corrected chi connectivity index (χ1v) is 6.41. The fourth-order valence-corrected chi connectivity index (χ4v) is 2.28. The molecular formula is C10H13Cl2NOS. The van der Waals surface area contributed by atoms with Gasteiger partial charge >= 0.3 is 0 Å². The Bertz CT molecular complexity index is 351. The van der Waals surface area contributed by atoms with Crippen molar-refractivity contribution in [2.45, 2.75) is 25.6 Å². The molecule has 1 rings (SSSR count). The molecule has 15 heavy (non-hydrogen) atoms. The second kappa shape index (κ2) is 5.73. The monoisotopic (exact) mass is 265 g/mol. The van der Waals surface area contributed by atoms with Gasteiger partial charge in [-0.3, -0.25) is 4.79 Å². The highest BCUT2D eigenvalue weighted by atomic mass is 35.5. The smallest absolute Gasteiger partial charge is 0.262 e. The summed E-state index contributed by atoms with van der Waals surface area (Å²) in [4.78, 5) is 12.2. The summed E-state index contributed by atoms with van der Waals surface area (Å²) in [7, 11) is 0. The Labute approximate surface area is 104 Å². The van der Waals surface area contributed by atoms with Crippen LogP contribution in [-0.4, -0.2) is 17.8 Å². The van der Waals surface area contributed by atoms with Crippen molar-refractivity contribution in [3.05, 3.63) is 20.8 Å². The van der Waals surface area contributed by atoms with Gasteiger partial charge in [0.1, 0.15) is 4.88 Å². The number of thiophene rings is 1. The molecule has 0 bridgehead atoms. The van der Waals surface area contributed by atoms with Crippen LogP contribution in [0.3, 0.4) is 0 Å². The average Bonchev–Trinajstić information content (AvgIpc) is 2.56. The van der Waals surface area contributed by atoms with E-state index in [1.54, 1.807) is 0 Å². The number of alkyl halides is 1. The second-order valence-electron chi connectivity index (χ2n) is 3.28. The summed E-state index contributed by atoms with van der Waals surface area (Å²) in [6.45, 7) is 4.34. The lowest BCUT2D eigenvalue weighted by molar-refractivity contribution is 0.0957. The minimum absolute atomic E-state index is 0.0196. The number of halogens is 2. The van der Waals surface area contributed by atoms with Gasteiger partial charge in [-0.15, -0.1) is 22.9 Å². The number of nitrogens with one attached hydrogen (secondary N) is 1. The molecule has 1 N–H and O–H groups in total. The summed E-state index contributed by atoms with van der Waals surface area (Å²) in [6.07, 6.45) is 0.832. The summed E-state index contributed by atoms with van der Waals surface area (Å²) in [5, 5.41) is 5.15. The third kappa shape index (κ3) is 3.37. The number of aryl methyl sites for hydroxylation is 1. The quantitative estimate of drug-likeness (QED) is 0.831. The van der Waals surface area contributed by atoms with Gasteiger partial charge in [0.15, 0.2) is 0 Å². The van der Waals surface area contributed by atoms with E-state index in [-0.39, 0.29) is 11.3 Å². The van der Waals surface area contributed by atoms with Crippen LogP contribution in [0.1, 0.15) is 28.6 Å². The van der Waals surface area contributed by atoms with Crippen LogP contribution in [0.4, 0.5) is 0 Å². The maximum absolute atomic E-state index is 11.7. The second-order valence-corrected chi connectivity index (χ2v) is 5.15. The number of rotatable bonds is 4. The molecule has 5 heteroatoms. The molecule has 1 aromatic heterocycles. The fraction of sp³-hybridized carbons (Fsp3) is 0.500. The molecule has 84 valence electrons. The maximum Gasteiger partial charge on any atom is 0.262 e. The van der Waals surface area contributed by atoms with E-state index in [9.17, 15) is 4.79 Å². The molecule has 0 saturated heterocycles. The Kier molecular flexibility index (Phi) is 4.90. The molecule has 1 unspecified atom stereocenters. The number of hydrogen-bond acceptors (Lipinski definition) is 2. The highest BCUT2D eigenvalue weighted by Crippen LogP contribution is 2.26.